The van der Waals surface area contributed by atoms with Crippen LogP contribution in [-0.2, 0) is 0 Å². The number of nitrogens with zero attached hydrogens (tertiary/aromatic N) is 4. The van der Waals surface area contributed by atoms with Crippen molar-refractivity contribution in [2.24, 2.45) is 0 Å². The van der Waals surface area contributed by atoms with E-state index in [9.17, 15) is 9.18 Å². The van der Waals surface area contributed by atoms with Crippen molar-refractivity contribution < 1.29 is 14.3 Å². The molecule has 0 unspecified atom stereocenters. The Bertz CT molecular complexity index is 916. The van der Waals surface area contributed by atoms with E-state index in [4.69, 9.17) is 5.11 Å². The zero-order chi connectivity index (χ0) is 16.7. The fourth-order valence-corrected chi connectivity index (χ4v) is 3.12. The molecule has 0 bridgehead atoms. The number of rotatable bonds is 3. The number of halogens is 1. The maximum Gasteiger partial charge on any atom is 0.347 e. The molecule has 0 aliphatic rings. The molecule has 0 atom stereocenters. The van der Waals surface area contributed by atoms with E-state index in [1.54, 1.807) is 32.9 Å². The van der Waals surface area contributed by atoms with Gasteiger partial charge in [-0.25, -0.2) is 18.9 Å². The topological polar surface area (TPSA) is 80.9 Å². The summed E-state index contributed by atoms with van der Waals surface area (Å²) >= 11 is 1.05. The lowest BCUT2D eigenvalue weighted by Crippen LogP contribution is -2.00. The third-order valence-electron chi connectivity index (χ3n) is 3.49. The van der Waals surface area contributed by atoms with Gasteiger partial charge in [-0.1, -0.05) is 11.3 Å². The van der Waals surface area contributed by atoms with Crippen molar-refractivity contribution >= 4 is 17.3 Å². The molecule has 0 saturated carbocycles. The van der Waals surface area contributed by atoms with Crippen molar-refractivity contribution in [3.63, 3.8) is 0 Å². The SMILES string of the molecule is Cc1ccc(-n2nnc(-c3nc(C)c(C(=O)O)s3)c2C)cc1F. The van der Waals surface area contributed by atoms with E-state index in [0.29, 0.717) is 33.3 Å². The van der Waals surface area contributed by atoms with E-state index in [2.05, 4.69) is 15.3 Å². The quantitative estimate of drug-likeness (QED) is 0.797. The van der Waals surface area contributed by atoms with Crippen molar-refractivity contribution in [1.82, 2.24) is 20.0 Å². The highest BCUT2D eigenvalue weighted by Gasteiger charge is 2.20. The van der Waals surface area contributed by atoms with Gasteiger partial charge in [0.2, 0.25) is 0 Å². The number of carboxylic acids is 1. The molecule has 0 aliphatic carbocycles. The lowest BCUT2D eigenvalue weighted by atomic mass is 10.2. The van der Waals surface area contributed by atoms with Crippen molar-refractivity contribution in [3.05, 3.63) is 45.8 Å². The number of aromatic carboxylic acids is 1. The van der Waals surface area contributed by atoms with Gasteiger partial charge in [-0.15, -0.1) is 16.4 Å². The predicted molar refractivity (Wildman–Crippen MR) is 83.6 cm³/mol. The van der Waals surface area contributed by atoms with Gasteiger partial charge in [0.25, 0.3) is 0 Å². The zero-order valence-electron chi connectivity index (χ0n) is 12.7. The van der Waals surface area contributed by atoms with Crippen LogP contribution in [0.25, 0.3) is 16.4 Å². The molecule has 6 nitrogen and oxygen atoms in total. The van der Waals surface area contributed by atoms with Crippen LogP contribution in [0.15, 0.2) is 18.2 Å². The van der Waals surface area contributed by atoms with Crippen LogP contribution in [0.5, 0.6) is 0 Å². The van der Waals surface area contributed by atoms with E-state index in [0.717, 1.165) is 11.3 Å². The summed E-state index contributed by atoms with van der Waals surface area (Å²) < 4.78 is 15.2. The second kappa shape index (κ2) is 5.54. The summed E-state index contributed by atoms with van der Waals surface area (Å²) in [5.74, 6) is -1.34. The predicted octanol–water partition coefficient (Wildman–Crippen LogP) is 3.15. The van der Waals surface area contributed by atoms with Gasteiger partial charge in [-0.2, -0.15) is 0 Å². The van der Waals surface area contributed by atoms with Crippen LogP contribution in [0, 0.1) is 26.6 Å². The molecule has 0 fully saturated rings. The van der Waals surface area contributed by atoms with Crippen LogP contribution in [0.4, 0.5) is 4.39 Å². The second-order valence-electron chi connectivity index (χ2n) is 5.11. The smallest absolute Gasteiger partial charge is 0.347 e. The Kier molecular flexibility index (Phi) is 3.69. The van der Waals surface area contributed by atoms with Gasteiger partial charge in [0.1, 0.15) is 21.4 Å². The Balaban J connectivity index is 2.07. The molecule has 118 valence electrons. The fourth-order valence-electron chi connectivity index (χ4n) is 2.18. The Morgan fingerprint density at radius 3 is 2.65 bits per heavy atom. The molecule has 0 aliphatic heterocycles. The minimum Gasteiger partial charge on any atom is -0.477 e. The number of thiazole rings is 1. The molecule has 1 N–H and O–H groups in total. The van der Waals surface area contributed by atoms with Gasteiger partial charge >= 0.3 is 5.97 Å². The number of benzene rings is 1. The summed E-state index contributed by atoms with van der Waals surface area (Å²) in [6.07, 6.45) is 0. The highest BCUT2D eigenvalue weighted by atomic mass is 32.1. The molecule has 8 heteroatoms. The first-order valence-corrected chi connectivity index (χ1v) is 7.60. The second-order valence-corrected chi connectivity index (χ2v) is 6.11. The number of hydrogen-bond acceptors (Lipinski definition) is 5. The minimum absolute atomic E-state index is 0.176. The largest absolute Gasteiger partial charge is 0.477 e. The lowest BCUT2D eigenvalue weighted by Gasteiger charge is -2.04. The third kappa shape index (κ3) is 2.61. The van der Waals surface area contributed by atoms with Crippen LogP contribution in [-0.4, -0.2) is 31.1 Å². The lowest BCUT2D eigenvalue weighted by molar-refractivity contribution is 0.0701. The summed E-state index contributed by atoms with van der Waals surface area (Å²) in [6.45, 7) is 5.10. The fraction of sp³-hybridized carbons (Fsp3) is 0.200. The molecule has 0 saturated heterocycles. The van der Waals surface area contributed by atoms with E-state index in [1.165, 1.54) is 10.7 Å². The van der Waals surface area contributed by atoms with E-state index in [-0.39, 0.29) is 10.7 Å². The van der Waals surface area contributed by atoms with Crippen LogP contribution in [0.1, 0.15) is 26.6 Å². The van der Waals surface area contributed by atoms with Crippen molar-refractivity contribution in [3.8, 4) is 16.4 Å². The summed E-state index contributed by atoms with van der Waals surface area (Å²) in [6, 6.07) is 4.80. The summed E-state index contributed by atoms with van der Waals surface area (Å²) in [5, 5.41) is 17.7. The Morgan fingerprint density at radius 2 is 2.04 bits per heavy atom. The van der Waals surface area contributed by atoms with Crippen molar-refractivity contribution in [1.29, 1.82) is 0 Å². The van der Waals surface area contributed by atoms with E-state index in [1.807, 2.05) is 0 Å². The highest BCUT2D eigenvalue weighted by molar-refractivity contribution is 7.17. The molecule has 1 aromatic carbocycles. The first-order valence-electron chi connectivity index (χ1n) is 6.78. The normalized spacial score (nSPS) is 11.0. The molecule has 0 radical (unpaired) electrons. The molecular weight excluding hydrogens is 319 g/mol. The Labute approximate surface area is 135 Å². The number of aryl methyl sites for hydroxylation is 2. The van der Waals surface area contributed by atoms with Crippen molar-refractivity contribution in [2.75, 3.05) is 0 Å². The van der Waals surface area contributed by atoms with Crippen LogP contribution < -0.4 is 0 Å². The molecule has 2 heterocycles. The average molecular weight is 332 g/mol. The van der Waals surface area contributed by atoms with Crippen molar-refractivity contribution in [2.45, 2.75) is 20.8 Å². The van der Waals surface area contributed by atoms with Gasteiger partial charge in [0, 0.05) is 0 Å². The number of carbonyl (C=O) groups is 1. The minimum atomic E-state index is -1.02. The van der Waals surface area contributed by atoms with E-state index < -0.39 is 5.97 Å². The average Bonchev–Trinajstić information content (AvgIpc) is 3.05. The summed E-state index contributed by atoms with van der Waals surface area (Å²) in [5.41, 5.74) is 2.70. The first kappa shape index (κ1) is 15.3. The first-order chi connectivity index (χ1) is 10.9. The molecule has 0 spiro atoms. The summed E-state index contributed by atoms with van der Waals surface area (Å²) in [7, 11) is 0. The number of hydrogen-bond donors (Lipinski definition) is 1. The Hall–Kier alpha value is -2.61. The molecule has 3 rings (SSSR count). The maximum atomic E-state index is 13.7. The zero-order valence-corrected chi connectivity index (χ0v) is 13.5. The maximum absolute atomic E-state index is 13.7. The highest BCUT2D eigenvalue weighted by Crippen LogP contribution is 2.29. The van der Waals surface area contributed by atoms with E-state index >= 15 is 0 Å². The number of carboxylic acid groups (broad SMARTS) is 1. The van der Waals surface area contributed by atoms with Crippen LogP contribution in [0.2, 0.25) is 0 Å². The third-order valence-corrected chi connectivity index (χ3v) is 4.64. The molecule has 3 aromatic rings. The van der Waals surface area contributed by atoms with Gasteiger partial charge in [-0.3, -0.25) is 0 Å². The molecule has 2 aromatic heterocycles. The van der Waals surface area contributed by atoms with Gasteiger partial charge in [-0.05, 0) is 38.5 Å². The monoisotopic (exact) mass is 332 g/mol. The van der Waals surface area contributed by atoms with Gasteiger partial charge < -0.3 is 5.11 Å². The Morgan fingerprint density at radius 1 is 1.30 bits per heavy atom. The number of aromatic nitrogens is 4. The van der Waals surface area contributed by atoms with Gasteiger partial charge in [0.15, 0.2) is 0 Å². The van der Waals surface area contributed by atoms with Crippen LogP contribution >= 0.6 is 11.3 Å². The molecular formula is C15H13FN4O2S. The summed E-state index contributed by atoms with van der Waals surface area (Å²) in [4.78, 5) is 15.6. The van der Waals surface area contributed by atoms with Gasteiger partial charge in [0.05, 0.1) is 17.1 Å². The van der Waals surface area contributed by atoms with Crippen LogP contribution in [0.3, 0.4) is 0 Å². The molecule has 0 amide bonds. The standard InChI is InChI=1S/C15H13FN4O2S/c1-7-4-5-10(6-11(7)16)20-9(3)12(18-19-20)14-17-8(2)13(23-14)15(21)22/h4-6H,1-3H3,(H,21,22). The molecule has 23 heavy (non-hydrogen) atoms.